The van der Waals surface area contributed by atoms with Gasteiger partial charge in [-0.3, -0.25) is 0 Å². The quantitative estimate of drug-likeness (QED) is 0.165. The second kappa shape index (κ2) is 11.7. The molecule has 0 radical (unpaired) electrons. The molecule has 0 saturated carbocycles. The smallest absolute Gasteiger partial charge is 0.143 e. The largest absolute Gasteiger partial charge is 0.509 e. The maximum Gasteiger partial charge on any atom is 0.143 e. The van der Waals surface area contributed by atoms with Gasteiger partial charge in [0.25, 0.3) is 0 Å². The summed E-state index contributed by atoms with van der Waals surface area (Å²) in [5.74, 6) is 1.10. The van der Waals surface area contributed by atoms with Crippen molar-refractivity contribution in [3.8, 4) is 11.5 Å². The van der Waals surface area contributed by atoms with Gasteiger partial charge in [0.2, 0.25) is 0 Å². The van der Waals surface area contributed by atoms with E-state index in [2.05, 4.69) is 93.7 Å². The molecule has 0 fully saturated rings. The molecule has 0 N–H and O–H groups in total. The Morgan fingerprint density at radius 2 is 1.31 bits per heavy atom. The molecule has 6 aromatic carbocycles. The van der Waals surface area contributed by atoms with Gasteiger partial charge in [-0.05, 0) is 61.0 Å². The Kier molecular flexibility index (Phi) is 6.22. The summed E-state index contributed by atoms with van der Waals surface area (Å²) in [4.78, 5) is 8.91. The molecule has 252 valence electrons. The summed E-state index contributed by atoms with van der Waals surface area (Å²) >= 11 is 0. The summed E-state index contributed by atoms with van der Waals surface area (Å²) in [5.41, 5.74) is 8.11. The molecular weight excluding hydrogens is 822 g/mol. The van der Waals surface area contributed by atoms with E-state index in [1.807, 2.05) is 65.4 Å². The number of anilines is 2. The van der Waals surface area contributed by atoms with Gasteiger partial charge in [-0.1, -0.05) is 71.7 Å². The van der Waals surface area contributed by atoms with Gasteiger partial charge >= 0.3 is 0 Å². The van der Waals surface area contributed by atoms with Gasteiger partial charge in [0.05, 0.1) is 22.1 Å². The molecule has 0 saturated heterocycles. The van der Waals surface area contributed by atoms with Crippen LogP contribution >= 0.6 is 0 Å². The first-order valence-electron chi connectivity index (χ1n) is 18.3. The summed E-state index contributed by atoms with van der Waals surface area (Å²) in [6.45, 7) is -0.221. The predicted octanol–water partition coefficient (Wildman–Crippen LogP) is 11.0. The Morgan fingerprint density at radius 3 is 2.19 bits per heavy atom. The van der Waals surface area contributed by atoms with E-state index >= 15 is 0 Å². The van der Waals surface area contributed by atoms with E-state index in [0.717, 1.165) is 60.6 Å². The molecule has 1 aliphatic heterocycles. The predicted molar refractivity (Wildman–Crippen MR) is 207 cm³/mol. The standard InChI is InChI=1S/C45H28N5O.Pt/c1-29-17-19-30(20-18-29)47-24-25-48(28-47)31-8-4-9-32(26-31)51-33-21-22-35-37-13-6-16-41-44(37)50(42(35)27-33)45-39(14-7-23-46-45)38-12-5-11-36-34-10-2-3-15-40(34)49(41)43(36)38;/h2-25,28H,1H3;/q-3;/i1D3;. The zero-order valence-electron chi connectivity index (χ0n) is 30.4. The maximum absolute atomic E-state index is 7.67. The second-order valence-electron chi connectivity index (χ2n) is 12.8. The molecule has 0 unspecified atom stereocenters. The van der Waals surface area contributed by atoms with E-state index in [0.29, 0.717) is 17.1 Å². The third-order valence-corrected chi connectivity index (χ3v) is 9.93. The number of rotatable bonds is 4. The fourth-order valence-electron chi connectivity index (χ4n) is 7.72. The number of hydrogen-bond donors (Lipinski definition) is 0. The average Bonchev–Trinajstić information content (AvgIpc) is 3.90. The van der Waals surface area contributed by atoms with Crippen LogP contribution < -0.4 is 14.5 Å². The van der Waals surface area contributed by atoms with Gasteiger partial charge in [-0.15, -0.1) is 48.1 Å². The Morgan fingerprint density at radius 1 is 0.596 bits per heavy atom. The number of fused-ring (bicyclic) bond motifs is 10. The van der Waals surface area contributed by atoms with Gasteiger partial charge in [0, 0.05) is 70.1 Å². The average molecular weight is 853 g/mol. The molecule has 5 heterocycles. The number of pyridine rings is 1. The summed E-state index contributed by atoms with van der Waals surface area (Å²) in [5, 5.41) is 6.74. The van der Waals surface area contributed by atoms with Gasteiger partial charge in [-0.25, -0.2) is 4.98 Å². The van der Waals surface area contributed by atoms with Crippen LogP contribution in [0.1, 0.15) is 9.68 Å². The third-order valence-electron chi connectivity index (χ3n) is 9.93. The molecular formula is C45H28N5OPt-3. The van der Waals surface area contributed by atoms with Crippen LogP contribution in [0.3, 0.4) is 0 Å². The molecule has 11 rings (SSSR count). The molecule has 0 atom stereocenters. The first-order chi connectivity index (χ1) is 26.4. The van der Waals surface area contributed by atoms with E-state index in [1.54, 1.807) is 24.3 Å². The van der Waals surface area contributed by atoms with Gasteiger partial charge in [0.15, 0.2) is 0 Å². The molecule has 4 aromatic heterocycles. The van der Waals surface area contributed by atoms with Crippen LogP contribution in [0.25, 0.3) is 65.5 Å². The van der Waals surface area contributed by atoms with Crippen molar-refractivity contribution in [2.75, 3.05) is 9.80 Å². The van der Waals surface area contributed by atoms with Crippen molar-refractivity contribution in [1.29, 1.82) is 0 Å². The Hall–Kier alpha value is -6.10. The molecule has 0 aliphatic carbocycles. The molecule has 1 aliphatic rings. The van der Waals surface area contributed by atoms with Crippen molar-refractivity contribution < 1.29 is 29.9 Å². The number of benzene rings is 6. The fraction of sp³-hybridized carbons (Fsp3) is 0.0222. The van der Waals surface area contributed by atoms with Gasteiger partial charge < -0.3 is 23.3 Å². The van der Waals surface area contributed by atoms with Crippen LogP contribution in [0.15, 0.2) is 146 Å². The minimum atomic E-state index is -2.14. The number of para-hydroxylation sites is 3. The van der Waals surface area contributed by atoms with E-state index in [9.17, 15) is 0 Å². The molecule has 0 amide bonds. The van der Waals surface area contributed by atoms with Crippen molar-refractivity contribution in [3.05, 3.63) is 170 Å². The van der Waals surface area contributed by atoms with Crippen molar-refractivity contribution in [2.45, 2.75) is 6.85 Å². The Labute approximate surface area is 317 Å². The van der Waals surface area contributed by atoms with Gasteiger partial charge in [0.1, 0.15) is 5.65 Å². The summed E-state index contributed by atoms with van der Waals surface area (Å²) in [6.07, 6.45) is 5.70. The molecule has 0 bridgehead atoms. The first-order valence-corrected chi connectivity index (χ1v) is 16.8. The summed E-state index contributed by atoms with van der Waals surface area (Å²) in [7, 11) is 0. The normalized spacial score (nSPS) is 14.2. The molecule has 6 nitrogen and oxygen atoms in total. The topological polar surface area (TPSA) is 37.4 Å². The van der Waals surface area contributed by atoms with E-state index in [1.165, 1.54) is 16.3 Å². The van der Waals surface area contributed by atoms with Crippen molar-refractivity contribution in [2.24, 2.45) is 0 Å². The monoisotopic (exact) mass is 852 g/mol. The van der Waals surface area contributed by atoms with E-state index < -0.39 is 6.85 Å². The van der Waals surface area contributed by atoms with Crippen LogP contribution in [0.2, 0.25) is 0 Å². The van der Waals surface area contributed by atoms with Crippen molar-refractivity contribution in [3.63, 3.8) is 0 Å². The molecule has 52 heavy (non-hydrogen) atoms. The van der Waals surface area contributed by atoms with Crippen LogP contribution in [0.5, 0.6) is 11.5 Å². The summed E-state index contributed by atoms with van der Waals surface area (Å²) < 4.78 is 34.1. The maximum atomic E-state index is 7.67. The third kappa shape index (κ3) is 4.51. The number of ether oxygens (including phenoxy) is 1. The Balaban J connectivity index is 0.00000372. The SMILES string of the molecule is [2H]C([2H])([2H])c1ccc(N2C=CN(c3[c-]c(Oc4[c-]c5c(cc4)c4cccc6c4n5c4ncccc4c4cccc5c7ccccc7n6c54)ccc3)[CH-]2)cc1.[Pt]. The Bertz CT molecular complexity index is 3190. The minimum absolute atomic E-state index is 0. The number of aromatic nitrogens is 3. The second-order valence-corrected chi connectivity index (χ2v) is 12.8. The molecule has 10 aromatic rings. The number of aryl methyl sites for hydroxylation is 1. The first kappa shape index (κ1) is 27.6. The van der Waals surface area contributed by atoms with Crippen LogP contribution in [0, 0.1) is 25.7 Å². The van der Waals surface area contributed by atoms with Crippen molar-refractivity contribution >= 4 is 76.9 Å². The van der Waals surface area contributed by atoms with Gasteiger partial charge in [-0.2, -0.15) is 12.1 Å². The van der Waals surface area contributed by atoms with Crippen LogP contribution in [-0.4, -0.2) is 13.8 Å². The van der Waals surface area contributed by atoms with Crippen LogP contribution in [0.4, 0.5) is 11.4 Å². The molecule has 0 spiro atoms. The van der Waals surface area contributed by atoms with E-state index in [4.69, 9.17) is 13.8 Å². The number of nitrogens with zero attached hydrogens (tertiary/aromatic N) is 5. The minimum Gasteiger partial charge on any atom is -0.509 e. The summed E-state index contributed by atoms with van der Waals surface area (Å²) in [6, 6.07) is 49.6. The van der Waals surface area contributed by atoms with Crippen molar-refractivity contribution in [1.82, 2.24) is 13.8 Å². The van der Waals surface area contributed by atoms with E-state index in [-0.39, 0.29) is 21.1 Å². The number of hydrogen-bond acceptors (Lipinski definition) is 4. The van der Waals surface area contributed by atoms with Crippen LogP contribution in [-0.2, 0) is 21.1 Å². The fourth-order valence-corrected chi connectivity index (χ4v) is 7.72. The zero-order valence-corrected chi connectivity index (χ0v) is 29.7. The zero-order chi connectivity index (χ0) is 36.1. The molecule has 7 heteroatoms.